The molecule has 160 valence electrons. The van der Waals surface area contributed by atoms with Gasteiger partial charge >= 0.3 is 12.1 Å². The van der Waals surface area contributed by atoms with E-state index in [1.807, 2.05) is 0 Å². The summed E-state index contributed by atoms with van der Waals surface area (Å²) < 4.78 is 31.1. The van der Waals surface area contributed by atoms with E-state index in [0.29, 0.717) is 12.8 Å². The van der Waals surface area contributed by atoms with E-state index in [4.69, 9.17) is 4.74 Å². The summed E-state index contributed by atoms with van der Waals surface area (Å²) in [6.45, 7) is 5.08. The third-order valence-electron chi connectivity index (χ3n) is 4.87. The number of ether oxygens (including phenoxy) is 1. The number of aliphatic carboxylic acids is 1. The van der Waals surface area contributed by atoms with Crippen molar-refractivity contribution in [2.75, 3.05) is 39.8 Å². The Kier molecular flexibility index (Phi) is 6.52. The second-order valence-corrected chi connectivity index (χ2v) is 8.53. The minimum Gasteiger partial charge on any atom is -0.480 e. The van der Waals surface area contributed by atoms with Crippen LogP contribution in [0.3, 0.4) is 0 Å². The molecule has 0 unspecified atom stereocenters. The predicted molar refractivity (Wildman–Crippen MR) is 96.1 cm³/mol. The minimum atomic E-state index is -2.67. The quantitative estimate of drug-likeness (QED) is 0.746. The molecule has 10 heteroatoms. The van der Waals surface area contributed by atoms with E-state index in [2.05, 4.69) is 0 Å². The molecule has 0 aromatic carbocycles. The van der Waals surface area contributed by atoms with Crippen molar-refractivity contribution in [1.29, 1.82) is 0 Å². The topological polar surface area (TPSA) is 90.4 Å². The van der Waals surface area contributed by atoms with Gasteiger partial charge in [0.2, 0.25) is 5.91 Å². The molecule has 0 aliphatic carbocycles. The molecule has 0 aromatic heterocycles. The predicted octanol–water partition coefficient (Wildman–Crippen LogP) is 1.50. The summed E-state index contributed by atoms with van der Waals surface area (Å²) in [6.07, 6.45) is 0.0511. The van der Waals surface area contributed by atoms with E-state index in [1.54, 1.807) is 20.8 Å². The van der Waals surface area contributed by atoms with Crippen LogP contribution < -0.4 is 0 Å². The third-order valence-corrected chi connectivity index (χ3v) is 4.87. The molecule has 2 amide bonds. The van der Waals surface area contributed by atoms with Gasteiger partial charge in [0.25, 0.3) is 5.92 Å². The molecule has 0 saturated carbocycles. The van der Waals surface area contributed by atoms with E-state index in [0.717, 1.165) is 4.90 Å². The number of halogens is 2. The van der Waals surface area contributed by atoms with Crippen LogP contribution in [-0.2, 0) is 14.3 Å². The molecular formula is C18H29F2N3O5. The number of likely N-dealkylation sites (N-methyl/N-ethyl adjacent to an activating group) is 1. The van der Waals surface area contributed by atoms with Crippen molar-refractivity contribution in [2.45, 2.75) is 51.2 Å². The van der Waals surface area contributed by atoms with Crippen LogP contribution in [0.5, 0.6) is 0 Å². The highest BCUT2D eigenvalue weighted by Crippen LogP contribution is 2.28. The number of hydrogen-bond acceptors (Lipinski definition) is 5. The number of alkyl halides is 2. The number of carbonyl (C=O) groups excluding carboxylic acids is 2. The van der Waals surface area contributed by atoms with E-state index in [-0.39, 0.29) is 32.7 Å². The van der Waals surface area contributed by atoms with Gasteiger partial charge in [-0.2, -0.15) is 0 Å². The lowest BCUT2D eigenvalue weighted by atomic mass is 9.88. The van der Waals surface area contributed by atoms with E-state index in [9.17, 15) is 28.3 Å². The highest BCUT2D eigenvalue weighted by Gasteiger charge is 2.46. The number of carbonyl (C=O) groups is 3. The normalized spacial score (nSPS) is 25.0. The van der Waals surface area contributed by atoms with Gasteiger partial charge in [-0.3, -0.25) is 14.6 Å². The molecule has 28 heavy (non-hydrogen) atoms. The molecule has 2 fully saturated rings. The van der Waals surface area contributed by atoms with Crippen molar-refractivity contribution in [2.24, 2.45) is 5.92 Å². The summed E-state index contributed by atoms with van der Waals surface area (Å²) in [5, 5.41) is 9.67. The SMILES string of the molecule is CN(CCN1CC(F)(F)C1)C(=O)[C@H]1CCCN(C(=O)OC(C)(C)C)[C@H]1C(=O)O. The van der Waals surface area contributed by atoms with Gasteiger partial charge in [-0.1, -0.05) is 0 Å². The average Bonchev–Trinajstić information content (AvgIpc) is 2.54. The molecule has 1 N–H and O–H groups in total. The lowest BCUT2D eigenvalue weighted by molar-refractivity contribution is -0.154. The number of carboxylic acid groups (broad SMARTS) is 1. The second-order valence-electron chi connectivity index (χ2n) is 8.53. The Morgan fingerprint density at radius 2 is 1.86 bits per heavy atom. The van der Waals surface area contributed by atoms with E-state index in [1.165, 1.54) is 16.8 Å². The first-order valence-corrected chi connectivity index (χ1v) is 9.38. The van der Waals surface area contributed by atoms with E-state index >= 15 is 0 Å². The Morgan fingerprint density at radius 3 is 2.36 bits per heavy atom. The van der Waals surface area contributed by atoms with Crippen molar-refractivity contribution in [3.63, 3.8) is 0 Å². The Bertz CT molecular complexity index is 615. The lowest BCUT2D eigenvalue weighted by Crippen LogP contribution is -2.59. The van der Waals surface area contributed by atoms with Crippen molar-refractivity contribution in [1.82, 2.24) is 14.7 Å². The standard InChI is InChI=1S/C18H29F2N3O5/c1-17(2,3)28-16(27)23-7-5-6-12(13(23)15(25)26)14(24)21(4)8-9-22-10-18(19,20)11-22/h12-13H,5-11H2,1-4H3,(H,25,26)/t12-,13+/m0/s1. The monoisotopic (exact) mass is 405 g/mol. The van der Waals surface area contributed by atoms with Crippen molar-refractivity contribution in [3.05, 3.63) is 0 Å². The maximum Gasteiger partial charge on any atom is 0.411 e. The van der Waals surface area contributed by atoms with Gasteiger partial charge in [-0.25, -0.2) is 18.4 Å². The van der Waals surface area contributed by atoms with Crippen molar-refractivity contribution < 1.29 is 33.0 Å². The first-order valence-electron chi connectivity index (χ1n) is 9.38. The van der Waals surface area contributed by atoms with Crippen LogP contribution in [0.4, 0.5) is 13.6 Å². The fourth-order valence-electron chi connectivity index (χ4n) is 3.54. The average molecular weight is 405 g/mol. The zero-order valence-corrected chi connectivity index (χ0v) is 16.8. The molecule has 2 atom stereocenters. The Morgan fingerprint density at radius 1 is 1.25 bits per heavy atom. The lowest BCUT2D eigenvalue weighted by Gasteiger charge is -2.41. The van der Waals surface area contributed by atoms with Gasteiger partial charge in [0.15, 0.2) is 0 Å². The first kappa shape index (κ1) is 22.3. The maximum atomic E-state index is 12.9. The van der Waals surface area contributed by atoms with Crippen LogP contribution in [0.1, 0.15) is 33.6 Å². The van der Waals surface area contributed by atoms with Gasteiger partial charge < -0.3 is 14.7 Å². The number of piperidine rings is 1. The molecule has 2 rings (SSSR count). The maximum absolute atomic E-state index is 12.9. The fraction of sp³-hybridized carbons (Fsp3) is 0.833. The van der Waals surface area contributed by atoms with Crippen molar-refractivity contribution in [3.8, 4) is 0 Å². The summed E-state index contributed by atoms with van der Waals surface area (Å²) in [5.74, 6) is -5.25. The molecule has 8 nitrogen and oxygen atoms in total. The van der Waals surface area contributed by atoms with Gasteiger partial charge in [0.05, 0.1) is 19.0 Å². The van der Waals surface area contributed by atoms with Crippen LogP contribution in [0.2, 0.25) is 0 Å². The number of likely N-dealkylation sites (tertiary alicyclic amines) is 2. The Balaban J connectivity index is 2.01. The number of nitrogens with zero attached hydrogens (tertiary/aromatic N) is 3. The number of carboxylic acids is 1. The summed E-state index contributed by atoms with van der Waals surface area (Å²) in [4.78, 5) is 41.1. The van der Waals surface area contributed by atoms with Gasteiger partial charge in [-0.05, 0) is 33.6 Å². The van der Waals surface area contributed by atoms with Crippen molar-refractivity contribution >= 4 is 18.0 Å². The van der Waals surface area contributed by atoms with E-state index < -0.39 is 41.5 Å². The largest absolute Gasteiger partial charge is 0.480 e. The smallest absolute Gasteiger partial charge is 0.411 e. The van der Waals surface area contributed by atoms with Gasteiger partial charge in [0, 0.05) is 26.7 Å². The number of amides is 2. The molecule has 2 heterocycles. The summed E-state index contributed by atoms with van der Waals surface area (Å²) in [6, 6.07) is -1.31. The third kappa shape index (κ3) is 5.52. The highest BCUT2D eigenvalue weighted by molar-refractivity contribution is 5.89. The van der Waals surface area contributed by atoms with Gasteiger partial charge in [0.1, 0.15) is 11.6 Å². The molecule has 0 bridgehead atoms. The Labute approximate surface area is 163 Å². The molecule has 0 radical (unpaired) electrons. The number of hydrogen-bond donors (Lipinski definition) is 1. The molecule has 2 aliphatic heterocycles. The highest BCUT2D eigenvalue weighted by atomic mass is 19.3. The van der Waals surface area contributed by atoms with Crippen LogP contribution in [0.25, 0.3) is 0 Å². The molecular weight excluding hydrogens is 376 g/mol. The second kappa shape index (κ2) is 8.18. The zero-order valence-electron chi connectivity index (χ0n) is 16.8. The van der Waals surface area contributed by atoms with Gasteiger partial charge in [-0.15, -0.1) is 0 Å². The molecule has 2 saturated heterocycles. The fourth-order valence-corrected chi connectivity index (χ4v) is 3.54. The first-order chi connectivity index (χ1) is 12.8. The van der Waals surface area contributed by atoms with Crippen LogP contribution in [0.15, 0.2) is 0 Å². The molecule has 0 aromatic rings. The number of rotatable bonds is 5. The van der Waals surface area contributed by atoms with Crippen LogP contribution >= 0.6 is 0 Å². The minimum absolute atomic E-state index is 0.197. The Hall–Kier alpha value is -1.97. The molecule has 2 aliphatic rings. The van der Waals surface area contributed by atoms with Crippen LogP contribution in [-0.4, -0.2) is 95.1 Å². The summed E-state index contributed by atoms with van der Waals surface area (Å²) in [7, 11) is 1.52. The summed E-state index contributed by atoms with van der Waals surface area (Å²) in [5.41, 5.74) is -0.785. The summed E-state index contributed by atoms with van der Waals surface area (Å²) >= 11 is 0. The van der Waals surface area contributed by atoms with Crippen LogP contribution in [0, 0.1) is 5.92 Å². The molecule has 0 spiro atoms. The zero-order chi connectivity index (χ0) is 21.3.